The second-order valence-electron chi connectivity index (χ2n) is 9.85. The maximum atomic E-state index is 2.38. The van der Waals surface area contributed by atoms with Crippen LogP contribution in [0.25, 0.3) is 0 Å². The summed E-state index contributed by atoms with van der Waals surface area (Å²) in [5.74, 6) is 0.552. The van der Waals surface area contributed by atoms with Gasteiger partial charge in [-0.1, -0.05) is 88.3 Å². The molecule has 0 saturated carbocycles. The van der Waals surface area contributed by atoms with Crippen LogP contribution in [0.15, 0.2) is 12.1 Å². The van der Waals surface area contributed by atoms with Crippen LogP contribution in [0.1, 0.15) is 104 Å². The van der Waals surface area contributed by atoms with E-state index in [0.717, 1.165) is 0 Å². The zero-order valence-electron chi connectivity index (χ0n) is 16.2. The van der Waals surface area contributed by atoms with Crippen LogP contribution in [0.5, 0.6) is 0 Å². The Bertz CT molecular complexity index is 497. The van der Waals surface area contributed by atoms with Crippen LogP contribution >= 0.6 is 0 Å². The third-order valence-electron chi connectivity index (χ3n) is 4.19. The van der Waals surface area contributed by atoms with Crippen LogP contribution in [-0.4, -0.2) is 0 Å². The van der Waals surface area contributed by atoms with Crippen LogP contribution in [-0.2, 0) is 16.2 Å². The third-order valence-corrected chi connectivity index (χ3v) is 4.19. The van der Waals surface area contributed by atoms with E-state index in [1.807, 2.05) is 0 Å². The lowest BCUT2D eigenvalue weighted by Gasteiger charge is -2.37. The smallest absolute Gasteiger partial charge is 0.0126 e. The first kappa shape index (κ1) is 18.3. The van der Waals surface area contributed by atoms with Gasteiger partial charge < -0.3 is 0 Å². The fourth-order valence-electron chi connectivity index (χ4n) is 3.31. The first-order valence-electron chi connectivity index (χ1n) is 8.35. The lowest BCUT2D eigenvalue weighted by Crippen LogP contribution is -2.27. The highest BCUT2D eigenvalue weighted by Gasteiger charge is 2.32. The van der Waals surface area contributed by atoms with E-state index in [1.165, 1.54) is 11.1 Å². The summed E-state index contributed by atoms with van der Waals surface area (Å²) in [5.41, 5.74) is 6.70. The molecular weight excluding hydrogens is 252 g/mol. The molecule has 0 spiro atoms. The van der Waals surface area contributed by atoms with Crippen molar-refractivity contribution in [3.05, 3.63) is 34.4 Å². The standard InChI is InChI=1S/C21H36/c1-14(2)17-15(19(3,4)5)12-13-16(20(6,7)8)18(17)21(9,10)11/h12-14H,1-11H3. The predicted octanol–water partition coefficient (Wildman–Crippen LogP) is 6.70. The molecule has 0 unspecified atom stereocenters. The van der Waals surface area contributed by atoms with Gasteiger partial charge in [0.15, 0.2) is 0 Å². The van der Waals surface area contributed by atoms with Crippen molar-refractivity contribution in [1.29, 1.82) is 0 Å². The van der Waals surface area contributed by atoms with Crippen LogP contribution in [0, 0.1) is 0 Å². The minimum Gasteiger partial charge on any atom is -0.0587 e. The summed E-state index contributed by atoms with van der Waals surface area (Å²) in [4.78, 5) is 0. The lowest BCUT2D eigenvalue weighted by atomic mass is 9.67. The van der Waals surface area contributed by atoms with Gasteiger partial charge in [-0.15, -0.1) is 0 Å². The van der Waals surface area contributed by atoms with Gasteiger partial charge in [-0.3, -0.25) is 0 Å². The molecule has 0 aliphatic rings. The predicted molar refractivity (Wildman–Crippen MR) is 96.6 cm³/mol. The Hall–Kier alpha value is -0.780. The molecule has 0 radical (unpaired) electrons. The molecule has 0 aliphatic heterocycles. The van der Waals surface area contributed by atoms with Gasteiger partial charge >= 0.3 is 0 Å². The Morgan fingerprint density at radius 3 is 1.29 bits per heavy atom. The molecule has 120 valence electrons. The normalized spacial score (nSPS) is 13.9. The van der Waals surface area contributed by atoms with Gasteiger partial charge in [0.1, 0.15) is 0 Å². The Morgan fingerprint density at radius 1 is 0.619 bits per heavy atom. The van der Waals surface area contributed by atoms with Gasteiger partial charge in [0.2, 0.25) is 0 Å². The van der Waals surface area contributed by atoms with Gasteiger partial charge in [-0.25, -0.2) is 0 Å². The molecule has 0 aromatic heterocycles. The van der Waals surface area contributed by atoms with E-state index in [2.05, 4.69) is 88.3 Å². The van der Waals surface area contributed by atoms with E-state index in [1.54, 1.807) is 11.1 Å². The monoisotopic (exact) mass is 288 g/mol. The molecule has 0 nitrogen and oxygen atoms in total. The number of benzene rings is 1. The highest BCUT2D eigenvalue weighted by atomic mass is 14.4. The second kappa shape index (κ2) is 5.45. The molecule has 1 rings (SSSR count). The summed E-state index contributed by atoms with van der Waals surface area (Å²) < 4.78 is 0. The SMILES string of the molecule is CC(C)c1c(C(C)(C)C)ccc(C(C)(C)C)c1C(C)(C)C. The average molecular weight is 289 g/mol. The Labute approximate surface area is 133 Å². The highest BCUT2D eigenvalue weighted by molar-refractivity contribution is 5.51. The molecule has 0 N–H and O–H groups in total. The number of rotatable bonds is 1. The maximum Gasteiger partial charge on any atom is -0.0126 e. The molecule has 0 saturated heterocycles. The summed E-state index contributed by atoms with van der Waals surface area (Å²) in [6.07, 6.45) is 0. The second-order valence-corrected chi connectivity index (χ2v) is 9.85. The van der Waals surface area contributed by atoms with Crippen LogP contribution in [0.2, 0.25) is 0 Å². The van der Waals surface area contributed by atoms with Crippen LogP contribution < -0.4 is 0 Å². The van der Waals surface area contributed by atoms with Crippen molar-refractivity contribution < 1.29 is 0 Å². The number of hydrogen-bond donors (Lipinski definition) is 0. The zero-order chi connectivity index (χ0) is 16.8. The summed E-state index contributed by atoms with van der Waals surface area (Å²) in [7, 11) is 0. The lowest BCUT2D eigenvalue weighted by molar-refractivity contribution is 0.509. The fraction of sp³-hybridized carbons (Fsp3) is 0.714. The Balaban J connectivity index is 3.90. The van der Waals surface area contributed by atoms with Crippen molar-refractivity contribution in [2.45, 2.75) is 98.3 Å². The first-order valence-corrected chi connectivity index (χ1v) is 8.35. The summed E-state index contributed by atoms with van der Waals surface area (Å²) >= 11 is 0. The summed E-state index contributed by atoms with van der Waals surface area (Å²) in [5, 5.41) is 0. The molecular formula is C21H36. The van der Waals surface area contributed by atoms with E-state index in [4.69, 9.17) is 0 Å². The van der Waals surface area contributed by atoms with Gasteiger partial charge in [-0.05, 0) is 44.4 Å². The van der Waals surface area contributed by atoms with Crippen molar-refractivity contribution in [2.75, 3.05) is 0 Å². The minimum atomic E-state index is 0.170. The summed E-state index contributed by atoms with van der Waals surface area (Å²) in [6.45, 7) is 25.7. The largest absolute Gasteiger partial charge is 0.0587 e. The maximum absolute atomic E-state index is 2.38. The summed E-state index contributed by atoms with van der Waals surface area (Å²) in [6, 6.07) is 4.76. The molecule has 0 atom stereocenters. The van der Waals surface area contributed by atoms with E-state index in [-0.39, 0.29) is 16.2 Å². The molecule has 1 aromatic carbocycles. The van der Waals surface area contributed by atoms with Gasteiger partial charge in [0, 0.05) is 0 Å². The van der Waals surface area contributed by atoms with Crippen molar-refractivity contribution >= 4 is 0 Å². The van der Waals surface area contributed by atoms with Crippen molar-refractivity contribution in [1.82, 2.24) is 0 Å². The van der Waals surface area contributed by atoms with Gasteiger partial charge in [0.05, 0.1) is 0 Å². The van der Waals surface area contributed by atoms with Crippen molar-refractivity contribution in [2.24, 2.45) is 0 Å². The van der Waals surface area contributed by atoms with E-state index < -0.39 is 0 Å². The molecule has 0 heteroatoms. The first-order chi connectivity index (χ1) is 9.17. The molecule has 1 aromatic rings. The van der Waals surface area contributed by atoms with Crippen molar-refractivity contribution in [3.8, 4) is 0 Å². The molecule has 0 heterocycles. The van der Waals surface area contributed by atoms with E-state index in [0.29, 0.717) is 5.92 Å². The Kier molecular flexibility index (Phi) is 4.74. The highest BCUT2D eigenvalue weighted by Crippen LogP contribution is 2.43. The molecule has 0 aliphatic carbocycles. The van der Waals surface area contributed by atoms with Gasteiger partial charge in [0.25, 0.3) is 0 Å². The molecule has 21 heavy (non-hydrogen) atoms. The quantitative estimate of drug-likeness (QED) is 0.539. The van der Waals surface area contributed by atoms with Crippen LogP contribution in [0.4, 0.5) is 0 Å². The fourth-order valence-corrected chi connectivity index (χ4v) is 3.31. The third kappa shape index (κ3) is 3.90. The molecule has 0 bridgehead atoms. The van der Waals surface area contributed by atoms with E-state index in [9.17, 15) is 0 Å². The average Bonchev–Trinajstić information content (AvgIpc) is 2.23. The molecule has 0 fully saturated rings. The van der Waals surface area contributed by atoms with E-state index >= 15 is 0 Å². The van der Waals surface area contributed by atoms with Gasteiger partial charge in [-0.2, -0.15) is 0 Å². The van der Waals surface area contributed by atoms with Crippen LogP contribution in [0.3, 0.4) is 0 Å². The molecule has 0 amide bonds. The minimum absolute atomic E-state index is 0.170. The topological polar surface area (TPSA) is 0 Å². The zero-order valence-corrected chi connectivity index (χ0v) is 16.2. The number of hydrogen-bond acceptors (Lipinski definition) is 0. The van der Waals surface area contributed by atoms with Crippen molar-refractivity contribution in [3.63, 3.8) is 0 Å². The Morgan fingerprint density at radius 2 is 1.00 bits per heavy atom.